The van der Waals surface area contributed by atoms with Gasteiger partial charge in [-0.2, -0.15) is 0 Å². The minimum absolute atomic E-state index is 0.0337. The van der Waals surface area contributed by atoms with E-state index in [1.54, 1.807) is 6.07 Å². The molecule has 0 radical (unpaired) electrons. The molecule has 19 heavy (non-hydrogen) atoms. The number of methoxy groups -OCH3 is 1. The lowest BCUT2D eigenvalue weighted by atomic mass is 10.0. The van der Waals surface area contributed by atoms with Gasteiger partial charge in [0.05, 0.1) is 7.11 Å². The first-order chi connectivity index (χ1) is 9.10. The maximum atomic E-state index is 13.6. The molecule has 1 atom stereocenters. The molecule has 2 rings (SSSR count). The van der Waals surface area contributed by atoms with Crippen LogP contribution >= 0.6 is 27.5 Å². The second-order valence-corrected chi connectivity index (χ2v) is 5.74. The van der Waals surface area contributed by atoms with E-state index in [0.29, 0.717) is 5.02 Å². The van der Waals surface area contributed by atoms with Gasteiger partial charge in [0.1, 0.15) is 0 Å². The first kappa shape index (κ1) is 14.4. The van der Waals surface area contributed by atoms with Crippen LogP contribution in [0, 0.1) is 5.82 Å². The monoisotopic (exact) mass is 342 g/mol. The molecule has 0 spiro atoms. The van der Waals surface area contributed by atoms with Crippen molar-refractivity contribution >= 4 is 27.5 Å². The fourth-order valence-corrected chi connectivity index (χ4v) is 2.74. The highest BCUT2D eigenvalue weighted by molar-refractivity contribution is 9.09. The predicted molar refractivity (Wildman–Crippen MR) is 79.8 cm³/mol. The van der Waals surface area contributed by atoms with E-state index in [1.807, 2.05) is 30.3 Å². The highest BCUT2D eigenvalue weighted by atomic mass is 79.9. The summed E-state index contributed by atoms with van der Waals surface area (Å²) in [7, 11) is 1.45. The summed E-state index contributed by atoms with van der Waals surface area (Å²) in [4.78, 5) is 0.0337. The Morgan fingerprint density at radius 1 is 1.26 bits per heavy atom. The highest BCUT2D eigenvalue weighted by Crippen LogP contribution is 2.30. The number of alkyl halides is 1. The molecule has 1 nitrogen and oxygen atoms in total. The van der Waals surface area contributed by atoms with Gasteiger partial charge in [-0.05, 0) is 41.8 Å². The van der Waals surface area contributed by atoms with Crippen molar-refractivity contribution in [2.75, 3.05) is 7.11 Å². The van der Waals surface area contributed by atoms with Crippen LogP contribution in [-0.2, 0) is 6.42 Å². The SMILES string of the molecule is COc1ccc(C(Br)Cc2cccc(Cl)c2)cc1F. The summed E-state index contributed by atoms with van der Waals surface area (Å²) in [6.45, 7) is 0. The third kappa shape index (κ3) is 3.71. The molecule has 2 aromatic carbocycles. The van der Waals surface area contributed by atoms with Gasteiger partial charge >= 0.3 is 0 Å². The maximum Gasteiger partial charge on any atom is 0.165 e. The Bertz CT molecular complexity index is 574. The molecule has 0 aliphatic rings. The molecule has 0 amide bonds. The minimum Gasteiger partial charge on any atom is -0.494 e. The number of hydrogen-bond acceptors (Lipinski definition) is 1. The minimum atomic E-state index is -0.351. The molecule has 0 saturated carbocycles. The van der Waals surface area contributed by atoms with Gasteiger partial charge in [0.2, 0.25) is 0 Å². The summed E-state index contributed by atoms with van der Waals surface area (Å²) in [6, 6.07) is 12.6. The van der Waals surface area contributed by atoms with Gasteiger partial charge in [0, 0.05) is 9.85 Å². The van der Waals surface area contributed by atoms with Crippen molar-refractivity contribution in [2.24, 2.45) is 0 Å². The van der Waals surface area contributed by atoms with Crippen molar-refractivity contribution in [1.29, 1.82) is 0 Å². The van der Waals surface area contributed by atoms with E-state index in [2.05, 4.69) is 15.9 Å². The third-order valence-electron chi connectivity index (χ3n) is 2.84. The van der Waals surface area contributed by atoms with E-state index < -0.39 is 0 Å². The Labute approximate surface area is 125 Å². The van der Waals surface area contributed by atoms with Gasteiger partial charge in [0.15, 0.2) is 11.6 Å². The first-order valence-electron chi connectivity index (χ1n) is 5.82. The smallest absolute Gasteiger partial charge is 0.165 e. The van der Waals surface area contributed by atoms with Crippen LogP contribution in [0.2, 0.25) is 5.02 Å². The maximum absolute atomic E-state index is 13.6. The molecule has 1 unspecified atom stereocenters. The molecule has 0 saturated heterocycles. The second kappa shape index (κ2) is 6.40. The average Bonchev–Trinajstić information content (AvgIpc) is 2.38. The molecule has 0 N–H and O–H groups in total. The lowest BCUT2D eigenvalue weighted by Gasteiger charge is -2.12. The first-order valence-corrected chi connectivity index (χ1v) is 7.11. The summed E-state index contributed by atoms with van der Waals surface area (Å²) in [5, 5.41) is 0.707. The van der Waals surface area contributed by atoms with Crippen molar-refractivity contribution in [3.8, 4) is 5.75 Å². The van der Waals surface area contributed by atoms with Gasteiger partial charge in [0.25, 0.3) is 0 Å². The van der Waals surface area contributed by atoms with Crippen LogP contribution in [0.5, 0.6) is 5.75 Å². The highest BCUT2D eigenvalue weighted by Gasteiger charge is 2.12. The van der Waals surface area contributed by atoms with Crippen LogP contribution in [0.4, 0.5) is 4.39 Å². The van der Waals surface area contributed by atoms with E-state index in [9.17, 15) is 4.39 Å². The van der Waals surface area contributed by atoms with Crippen LogP contribution in [0.15, 0.2) is 42.5 Å². The van der Waals surface area contributed by atoms with E-state index in [-0.39, 0.29) is 16.4 Å². The molecule has 0 aliphatic heterocycles. The summed E-state index contributed by atoms with van der Waals surface area (Å²) < 4.78 is 18.6. The van der Waals surface area contributed by atoms with E-state index >= 15 is 0 Å². The molecular weight excluding hydrogens is 331 g/mol. The lowest BCUT2D eigenvalue weighted by molar-refractivity contribution is 0.386. The fourth-order valence-electron chi connectivity index (χ4n) is 1.87. The van der Waals surface area contributed by atoms with Crippen molar-refractivity contribution < 1.29 is 9.13 Å². The molecule has 4 heteroatoms. The normalized spacial score (nSPS) is 12.2. The van der Waals surface area contributed by atoms with E-state index in [1.165, 1.54) is 13.2 Å². The Kier molecular flexibility index (Phi) is 4.83. The Morgan fingerprint density at radius 3 is 2.68 bits per heavy atom. The van der Waals surface area contributed by atoms with Gasteiger partial charge < -0.3 is 4.74 Å². The Morgan fingerprint density at radius 2 is 2.05 bits per heavy atom. The zero-order valence-corrected chi connectivity index (χ0v) is 12.7. The van der Waals surface area contributed by atoms with Crippen molar-refractivity contribution in [3.05, 3.63) is 64.4 Å². The molecule has 0 heterocycles. The summed E-state index contributed by atoms with van der Waals surface area (Å²) in [5.74, 6) is -0.0956. The molecule has 0 aromatic heterocycles. The zero-order chi connectivity index (χ0) is 13.8. The van der Waals surface area contributed by atoms with Crippen LogP contribution < -0.4 is 4.74 Å². The summed E-state index contributed by atoms with van der Waals surface area (Å²) >= 11 is 9.52. The third-order valence-corrected chi connectivity index (χ3v) is 3.93. The number of halogens is 3. The summed E-state index contributed by atoms with van der Waals surface area (Å²) in [6.07, 6.45) is 0.742. The second-order valence-electron chi connectivity index (χ2n) is 4.20. The largest absolute Gasteiger partial charge is 0.494 e. The molecule has 2 aromatic rings. The van der Waals surface area contributed by atoms with Crippen LogP contribution in [0.3, 0.4) is 0 Å². The quantitative estimate of drug-likeness (QED) is 0.696. The van der Waals surface area contributed by atoms with Gasteiger partial charge in [-0.1, -0.05) is 45.7 Å². The zero-order valence-electron chi connectivity index (χ0n) is 10.4. The van der Waals surface area contributed by atoms with Crippen molar-refractivity contribution in [1.82, 2.24) is 0 Å². The standard InChI is InChI=1S/C15H13BrClFO/c1-19-15-6-5-11(9-14(15)18)13(16)8-10-3-2-4-12(17)7-10/h2-7,9,13H,8H2,1H3. The number of ether oxygens (including phenoxy) is 1. The van der Waals surface area contributed by atoms with Crippen LogP contribution in [0.1, 0.15) is 16.0 Å². The van der Waals surface area contributed by atoms with Crippen molar-refractivity contribution in [2.45, 2.75) is 11.2 Å². The number of hydrogen-bond donors (Lipinski definition) is 0. The number of rotatable bonds is 4. The Hall–Kier alpha value is -1.06. The van der Waals surface area contributed by atoms with Gasteiger partial charge in [-0.25, -0.2) is 4.39 Å². The molecular formula is C15H13BrClFO. The summed E-state index contributed by atoms with van der Waals surface area (Å²) in [5.41, 5.74) is 1.98. The van der Waals surface area contributed by atoms with E-state index in [4.69, 9.17) is 16.3 Å². The predicted octanol–water partition coefficient (Wildman–Crippen LogP) is 5.17. The number of benzene rings is 2. The van der Waals surface area contributed by atoms with Gasteiger partial charge in [-0.3, -0.25) is 0 Å². The molecule has 0 fully saturated rings. The Balaban J connectivity index is 2.15. The average molecular weight is 344 g/mol. The molecule has 100 valence electrons. The van der Waals surface area contributed by atoms with E-state index in [0.717, 1.165) is 17.5 Å². The molecule has 0 aliphatic carbocycles. The van der Waals surface area contributed by atoms with Crippen LogP contribution in [-0.4, -0.2) is 7.11 Å². The fraction of sp³-hybridized carbons (Fsp3) is 0.200. The topological polar surface area (TPSA) is 9.23 Å². The van der Waals surface area contributed by atoms with Crippen molar-refractivity contribution in [3.63, 3.8) is 0 Å². The van der Waals surface area contributed by atoms with Crippen LogP contribution in [0.25, 0.3) is 0 Å². The lowest BCUT2D eigenvalue weighted by Crippen LogP contribution is -1.97. The van der Waals surface area contributed by atoms with Gasteiger partial charge in [-0.15, -0.1) is 0 Å². The molecule has 0 bridgehead atoms.